The fourth-order valence-corrected chi connectivity index (χ4v) is 4.72. The Bertz CT molecular complexity index is 1070. The van der Waals surface area contributed by atoms with Gasteiger partial charge in [-0.15, -0.1) is 0 Å². The van der Waals surface area contributed by atoms with Gasteiger partial charge in [0, 0.05) is 49.2 Å². The number of anilines is 1. The van der Waals surface area contributed by atoms with E-state index < -0.39 is 6.09 Å². The van der Waals surface area contributed by atoms with Crippen molar-refractivity contribution < 1.29 is 14.3 Å². The lowest BCUT2D eigenvalue weighted by Gasteiger charge is -2.15. The minimum Gasteiger partial charge on any atom is -0.449 e. The molecule has 164 valence electrons. The molecule has 1 N–H and O–H groups in total. The number of pyridine rings is 1. The van der Waals surface area contributed by atoms with E-state index in [2.05, 4.69) is 39.9 Å². The second kappa shape index (κ2) is 9.15. The lowest BCUT2D eigenvalue weighted by atomic mass is 9.95. The highest BCUT2D eigenvalue weighted by atomic mass is 32.1. The average molecular weight is 442 g/mol. The van der Waals surface area contributed by atoms with Gasteiger partial charge in [-0.1, -0.05) is 11.3 Å². The second-order valence-electron chi connectivity index (χ2n) is 7.80. The Hall–Kier alpha value is -2.78. The molecule has 0 radical (unpaired) electrons. The van der Waals surface area contributed by atoms with E-state index in [1.807, 2.05) is 19.2 Å². The summed E-state index contributed by atoms with van der Waals surface area (Å²) in [7, 11) is 1.62. The smallest absolute Gasteiger partial charge is 0.413 e. The normalized spacial score (nSPS) is 12.5. The first-order valence-corrected chi connectivity index (χ1v) is 11.3. The van der Waals surface area contributed by atoms with Crippen LogP contribution in [0.3, 0.4) is 0 Å². The van der Waals surface area contributed by atoms with Crippen LogP contribution in [-0.4, -0.2) is 46.2 Å². The zero-order chi connectivity index (χ0) is 22.0. The van der Waals surface area contributed by atoms with E-state index in [0.717, 1.165) is 46.1 Å². The van der Waals surface area contributed by atoms with E-state index in [1.165, 1.54) is 16.9 Å². The predicted octanol–water partition coefficient (Wildman–Crippen LogP) is 4.64. The standard InChI is InChI=1S/C22H27N5O3S/c1-13(2)27-19-16(18(26-27)15-7-6-14(3)23-12-15)8-9-17-20(19)31-21(24-17)25-22(28)30-11-5-10-29-4/h6-7,12-13H,5,8-11H2,1-4H3,(H,24,25,28). The van der Waals surface area contributed by atoms with Crippen molar-refractivity contribution in [2.24, 2.45) is 0 Å². The summed E-state index contributed by atoms with van der Waals surface area (Å²) in [5.41, 5.74) is 6.27. The molecule has 1 aliphatic rings. The Morgan fingerprint density at radius 3 is 2.84 bits per heavy atom. The molecule has 0 saturated carbocycles. The molecule has 0 aliphatic heterocycles. The molecule has 1 amide bonds. The minimum atomic E-state index is -0.494. The van der Waals surface area contributed by atoms with Crippen LogP contribution < -0.4 is 5.32 Å². The van der Waals surface area contributed by atoms with E-state index in [1.54, 1.807) is 7.11 Å². The molecular weight excluding hydrogens is 414 g/mol. The molecule has 1 aliphatic carbocycles. The molecule has 8 nitrogen and oxygen atoms in total. The van der Waals surface area contributed by atoms with Gasteiger partial charge in [0.1, 0.15) is 0 Å². The summed E-state index contributed by atoms with van der Waals surface area (Å²) in [4.78, 5) is 22.3. The minimum absolute atomic E-state index is 0.191. The van der Waals surface area contributed by atoms with Crippen molar-refractivity contribution in [1.29, 1.82) is 0 Å². The molecule has 4 rings (SSSR count). The number of carbonyl (C=O) groups is 1. The number of thiazole rings is 1. The van der Waals surface area contributed by atoms with Crippen LogP contribution in [0.2, 0.25) is 0 Å². The van der Waals surface area contributed by atoms with Crippen LogP contribution in [0.1, 0.15) is 43.3 Å². The Morgan fingerprint density at radius 1 is 1.29 bits per heavy atom. The van der Waals surface area contributed by atoms with Gasteiger partial charge >= 0.3 is 6.09 Å². The lowest BCUT2D eigenvalue weighted by molar-refractivity contribution is 0.134. The number of nitrogens with zero attached hydrogens (tertiary/aromatic N) is 4. The number of hydrogen-bond donors (Lipinski definition) is 1. The summed E-state index contributed by atoms with van der Waals surface area (Å²) < 4.78 is 12.2. The van der Waals surface area contributed by atoms with Gasteiger partial charge in [0.05, 0.1) is 28.6 Å². The van der Waals surface area contributed by atoms with Crippen LogP contribution in [0.25, 0.3) is 21.8 Å². The molecule has 31 heavy (non-hydrogen) atoms. The third-order valence-corrected chi connectivity index (χ3v) is 6.16. The maximum atomic E-state index is 12.1. The number of hydrogen-bond acceptors (Lipinski definition) is 7. The van der Waals surface area contributed by atoms with Crippen molar-refractivity contribution in [1.82, 2.24) is 19.7 Å². The molecule has 0 spiro atoms. The quantitative estimate of drug-likeness (QED) is 0.537. The molecule has 0 saturated heterocycles. The van der Waals surface area contributed by atoms with E-state index in [-0.39, 0.29) is 6.04 Å². The Labute approximate surface area is 185 Å². The Kier molecular flexibility index (Phi) is 6.33. The summed E-state index contributed by atoms with van der Waals surface area (Å²) in [5.74, 6) is 0. The van der Waals surface area contributed by atoms with Crippen LogP contribution >= 0.6 is 11.3 Å². The summed E-state index contributed by atoms with van der Waals surface area (Å²) in [5, 5.41) is 8.26. The topological polar surface area (TPSA) is 91.2 Å². The van der Waals surface area contributed by atoms with Crippen molar-refractivity contribution in [2.45, 2.75) is 46.1 Å². The number of methoxy groups -OCH3 is 1. The number of ether oxygens (including phenoxy) is 2. The van der Waals surface area contributed by atoms with Crippen LogP contribution in [0.4, 0.5) is 9.93 Å². The van der Waals surface area contributed by atoms with Crippen molar-refractivity contribution >= 4 is 22.6 Å². The van der Waals surface area contributed by atoms with Gasteiger partial charge in [0.25, 0.3) is 0 Å². The summed E-state index contributed by atoms with van der Waals surface area (Å²) in [6.45, 7) is 7.09. The molecule has 0 fully saturated rings. The molecule has 3 heterocycles. The van der Waals surface area contributed by atoms with E-state index in [9.17, 15) is 4.79 Å². The average Bonchev–Trinajstić information content (AvgIpc) is 3.32. The largest absolute Gasteiger partial charge is 0.449 e. The summed E-state index contributed by atoms with van der Waals surface area (Å²) in [6.07, 6.45) is 3.71. The zero-order valence-electron chi connectivity index (χ0n) is 18.3. The second-order valence-corrected chi connectivity index (χ2v) is 8.80. The molecular formula is C22H27N5O3S. The van der Waals surface area contributed by atoms with Gasteiger partial charge < -0.3 is 9.47 Å². The van der Waals surface area contributed by atoms with Crippen molar-refractivity contribution in [3.63, 3.8) is 0 Å². The van der Waals surface area contributed by atoms with Gasteiger partial charge in [-0.2, -0.15) is 5.10 Å². The first kappa shape index (κ1) is 21.5. The van der Waals surface area contributed by atoms with Crippen molar-refractivity contribution in [3.05, 3.63) is 35.3 Å². The molecule has 3 aromatic heterocycles. The van der Waals surface area contributed by atoms with Crippen LogP contribution in [0.15, 0.2) is 18.3 Å². The third-order valence-electron chi connectivity index (χ3n) is 5.14. The molecule has 0 bridgehead atoms. The van der Waals surface area contributed by atoms with Crippen LogP contribution in [-0.2, 0) is 22.3 Å². The van der Waals surface area contributed by atoms with E-state index >= 15 is 0 Å². The maximum Gasteiger partial charge on any atom is 0.413 e. The van der Waals surface area contributed by atoms with Gasteiger partial charge in [0.15, 0.2) is 5.13 Å². The number of carbonyl (C=O) groups excluding carboxylic acids is 1. The molecule has 9 heteroatoms. The van der Waals surface area contributed by atoms with E-state index in [4.69, 9.17) is 14.6 Å². The number of aryl methyl sites for hydroxylation is 2. The van der Waals surface area contributed by atoms with Crippen LogP contribution in [0.5, 0.6) is 0 Å². The predicted molar refractivity (Wildman–Crippen MR) is 121 cm³/mol. The van der Waals surface area contributed by atoms with Gasteiger partial charge in [-0.25, -0.2) is 9.78 Å². The fourth-order valence-electron chi connectivity index (χ4n) is 3.65. The zero-order valence-corrected chi connectivity index (χ0v) is 19.1. The first-order chi connectivity index (χ1) is 15.0. The number of aromatic nitrogens is 4. The Morgan fingerprint density at radius 2 is 2.13 bits per heavy atom. The monoisotopic (exact) mass is 441 g/mol. The lowest BCUT2D eigenvalue weighted by Crippen LogP contribution is -2.15. The molecule has 0 unspecified atom stereocenters. The number of fused-ring (bicyclic) bond motifs is 3. The number of rotatable bonds is 7. The highest BCUT2D eigenvalue weighted by molar-refractivity contribution is 7.19. The highest BCUT2D eigenvalue weighted by Crippen LogP contribution is 2.44. The number of amides is 1. The summed E-state index contributed by atoms with van der Waals surface area (Å²) in [6, 6.07) is 4.28. The van der Waals surface area contributed by atoms with Gasteiger partial charge in [-0.3, -0.25) is 15.0 Å². The number of nitrogens with one attached hydrogen (secondary N) is 1. The van der Waals surface area contributed by atoms with Gasteiger partial charge in [0.2, 0.25) is 0 Å². The van der Waals surface area contributed by atoms with Crippen molar-refractivity contribution in [3.8, 4) is 21.8 Å². The van der Waals surface area contributed by atoms with Gasteiger partial charge in [-0.05, 0) is 45.7 Å². The van der Waals surface area contributed by atoms with Crippen LogP contribution in [0, 0.1) is 6.92 Å². The first-order valence-electron chi connectivity index (χ1n) is 10.4. The fraction of sp³-hybridized carbons (Fsp3) is 0.455. The Balaban J connectivity index is 1.63. The van der Waals surface area contributed by atoms with E-state index in [0.29, 0.717) is 24.8 Å². The maximum absolute atomic E-state index is 12.1. The molecule has 0 aromatic carbocycles. The summed E-state index contributed by atoms with van der Waals surface area (Å²) >= 11 is 1.47. The molecule has 3 aromatic rings. The van der Waals surface area contributed by atoms with Crippen molar-refractivity contribution in [2.75, 3.05) is 25.6 Å². The SMILES string of the molecule is COCCCOC(=O)Nc1nc2c(s1)-c1c(c(-c3ccc(C)nc3)nn1C(C)C)CC2. The third kappa shape index (κ3) is 4.47. The highest BCUT2D eigenvalue weighted by Gasteiger charge is 2.30. The molecule has 0 atom stereocenters.